The maximum Gasteiger partial charge on any atom is 0.141 e. The number of aromatic nitrogens is 1. The average Bonchev–Trinajstić information content (AvgIpc) is 2.22. The lowest BCUT2D eigenvalue weighted by molar-refractivity contribution is 0.147. The van der Waals surface area contributed by atoms with Crippen LogP contribution in [0.3, 0.4) is 0 Å². The first kappa shape index (κ1) is 12.2. The number of hydrogen-bond donors (Lipinski definition) is 4. The third kappa shape index (κ3) is 3.05. The van der Waals surface area contributed by atoms with E-state index in [2.05, 4.69) is 26.2 Å². The van der Waals surface area contributed by atoms with Gasteiger partial charge < -0.3 is 21.3 Å². The molecule has 1 rings (SSSR count). The van der Waals surface area contributed by atoms with Gasteiger partial charge in [-0.05, 0) is 28.9 Å². The summed E-state index contributed by atoms with van der Waals surface area (Å²) >= 11 is 3.29. The fourth-order valence-corrected chi connectivity index (χ4v) is 1.43. The van der Waals surface area contributed by atoms with Gasteiger partial charge in [0, 0.05) is 0 Å². The topological polar surface area (TPSA) is 91.4 Å². The minimum absolute atomic E-state index is 0.192. The molecule has 0 aliphatic carbocycles. The summed E-state index contributed by atoms with van der Waals surface area (Å²) in [5.41, 5.74) is 5.28. The Morgan fingerprint density at radius 2 is 2.13 bits per heavy atom. The zero-order valence-electron chi connectivity index (χ0n) is 8.37. The van der Waals surface area contributed by atoms with Crippen molar-refractivity contribution in [3.63, 3.8) is 0 Å². The van der Waals surface area contributed by atoms with Crippen LogP contribution in [0.15, 0.2) is 16.7 Å². The number of pyridine rings is 1. The molecule has 0 bridgehead atoms. The summed E-state index contributed by atoms with van der Waals surface area (Å²) in [4.78, 5) is 4.05. The summed E-state index contributed by atoms with van der Waals surface area (Å²) in [5, 5.41) is 21.1. The molecule has 0 amide bonds. The minimum atomic E-state index is -0.800. The van der Waals surface area contributed by atoms with E-state index in [1.807, 2.05) is 0 Å². The number of aliphatic hydroxyl groups is 2. The quantitative estimate of drug-likeness (QED) is 0.645. The van der Waals surface area contributed by atoms with Gasteiger partial charge in [-0.2, -0.15) is 0 Å². The van der Waals surface area contributed by atoms with Crippen LogP contribution < -0.4 is 11.1 Å². The van der Waals surface area contributed by atoms with E-state index >= 15 is 0 Å². The van der Waals surface area contributed by atoms with E-state index in [1.54, 1.807) is 13.0 Å². The van der Waals surface area contributed by atoms with Crippen molar-refractivity contribution in [1.82, 2.24) is 4.98 Å². The van der Waals surface area contributed by atoms with Gasteiger partial charge in [0.25, 0.3) is 0 Å². The second-order valence-electron chi connectivity index (χ2n) is 3.60. The Morgan fingerprint density at radius 3 is 2.60 bits per heavy atom. The number of aliphatic hydroxyl groups excluding tert-OH is 2. The molecule has 5 nitrogen and oxygen atoms in total. The lowest BCUT2D eigenvalue weighted by atomic mass is 10.1. The van der Waals surface area contributed by atoms with Crippen LogP contribution in [0.5, 0.6) is 0 Å². The van der Waals surface area contributed by atoms with Gasteiger partial charge in [-0.1, -0.05) is 0 Å². The second-order valence-corrected chi connectivity index (χ2v) is 4.46. The molecule has 1 heterocycles. The number of nitrogens with one attached hydrogen (secondary N) is 1. The Hall–Kier alpha value is -0.850. The summed E-state index contributed by atoms with van der Waals surface area (Å²) in [6.07, 6.45) is 1.50. The standard InChI is InChI=1S/C9H14BrN3O2/c1-9(4-14,5-15)13-8-7(10)2-6(11)3-12-8/h2-3,14-15H,4-5,11H2,1H3,(H,12,13). The highest BCUT2D eigenvalue weighted by atomic mass is 79.9. The van der Waals surface area contributed by atoms with Gasteiger partial charge in [0.15, 0.2) is 0 Å². The Kier molecular flexibility index (Phi) is 3.90. The molecule has 0 saturated heterocycles. The SMILES string of the molecule is CC(CO)(CO)Nc1ncc(N)cc1Br. The number of nitrogens with two attached hydrogens (primary N) is 1. The second kappa shape index (κ2) is 4.78. The van der Waals surface area contributed by atoms with Crippen molar-refractivity contribution in [1.29, 1.82) is 0 Å². The van der Waals surface area contributed by atoms with Gasteiger partial charge in [-0.25, -0.2) is 4.98 Å². The van der Waals surface area contributed by atoms with E-state index in [4.69, 9.17) is 15.9 Å². The van der Waals surface area contributed by atoms with E-state index < -0.39 is 5.54 Å². The molecule has 0 atom stereocenters. The number of anilines is 2. The third-order valence-corrected chi connectivity index (χ3v) is 2.58. The molecule has 0 aromatic carbocycles. The van der Waals surface area contributed by atoms with Gasteiger partial charge in [-0.15, -0.1) is 0 Å². The normalized spacial score (nSPS) is 11.5. The van der Waals surface area contributed by atoms with Gasteiger partial charge in [0.05, 0.1) is 35.1 Å². The monoisotopic (exact) mass is 275 g/mol. The van der Waals surface area contributed by atoms with Crippen LogP contribution in [0, 0.1) is 0 Å². The molecule has 0 unspecified atom stereocenters. The molecule has 0 saturated carbocycles. The van der Waals surface area contributed by atoms with Crippen molar-refractivity contribution >= 4 is 27.4 Å². The van der Waals surface area contributed by atoms with Crippen LogP contribution >= 0.6 is 15.9 Å². The number of hydrogen-bond acceptors (Lipinski definition) is 5. The molecule has 1 aromatic rings. The zero-order chi connectivity index (χ0) is 11.5. The van der Waals surface area contributed by atoms with Crippen LogP contribution in [0.2, 0.25) is 0 Å². The predicted molar refractivity (Wildman–Crippen MR) is 62.5 cm³/mol. The maximum atomic E-state index is 9.10. The van der Waals surface area contributed by atoms with Crippen molar-refractivity contribution in [2.45, 2.75) is 12.5 Å². The van der Waals surface area contributed by atoms with Crippen molar-refractivity contribution in [2.24, 2.45) is 0 Å². The summed E-state index contributed by atoms with van der Waals surface area (Å²) in [6, 6.07) is 1.70. The van der Waals surface area contributed by atoms with Crippen molar-refractivity contribution in [2.75, 3.05) is 24.3 Å². The van der Waals surface area contributed by atoms with Crippen LogP contribution in [-0.2, 0) is 0 Å². The van der Waals surface area contributed by atoms with E-state index in [0.29, 0.717) is 16.0 Å². The highest BCUT2D eigenvalue weighted by molar-refractivity contribution is 9.10. The molecule has 15 heavy (non-hydrogen) atoms. The van der Waals surface area contributed by atoms with Crippen molar-refractivity contribution in [3.8, 4) is 0 Å². The minimum Gasteiger partial charge on any atom is -0.397 e. The molecule has 1 aromatic heterocycles. The van der Waals surface area contributed by atoms with Gasteiger partial charge in [0.2, 0.25) is 0 Å². The number of halogens is 1. The molecule has 6 heteroatoms. The van der Waals surface area contributed by atoms with Crippen LogP contribution in [0.1, 0.15) is 6.92 Å². The fraction of sp³-hybridized carbons (Fsp3) is 0.444. The van der Waals surface area contributed by atoms with E-state index in [1.165, 1.54) is 6.20 Å². The first-order valence-corrected chi connectivity index (χ1v) is 5.21. The van der Waals surface area contributed by atoms with Crippen molar-refractivity contribution in [3.05, 3.63) is 16.7 Å². The van der Waals surface area contributed by atoms with Crippen molar-refractivity contribution < 1.29 is 10.2 Å². The first-order chi connectivity index (χ1) is 7.00. The largest absolute Gasteiger partial charge is 0.397 e. The van der Waals surface area contributed by atoms with Gasteiger partial charge in [-0.3, -0.25) is 0 Å². The molecule has 0 aliphatic rings. The lowest BCUT2D eigenvalue weighted by Crippen LogP contribution is -2.42. The molecular formula is C9H14BrN3O2. The summed E-state index contributed by atoms with van der Waals surface area (Å²) in [7, 11) is 0. The molecule has 5 N–H and O–H groups in total. The van der Waals surface area contributed by atoms with Gasteiger partial charge >= 0.3 is 0 Å². The molecular weight excluding hydrogens is 262 g/mol. The fourth-order valence-electron chi connectivity index (χ4n) is 0.960. The molecule has 0 spiro atoms. The average molecular weight is 276 g/mol. The number of nitrogens with zero attached hydrogens (tertiary/aromatic N) is 1. The molecule has 0 fully saturated rings. The van der Waals surface area contributed by atoms with E-state index in [9.17, 15) is 0 Å². The number of rotatable bonds is 4. The number of nitrogen functional groups attached to an aromatic ring is 1. The molecule has 0 aliphatic heterocycles. The van der Waals surface area contributed by atoms with Crippen LogP contribution in [-0.4, -0.2) is 33.9 Å². The van der Waals surface area contributed by atoms with Gasteiger partial charge in [0.1, 0.15) is 5.82 Å². The Balaban J connectivity index is 2.89. The van der Waals surface area contributed by atoms with Crippen LogP contribution in [0.4, 0.5) is 11.5 Å². The molecule has 84 valence electrons. The third-order valence-electron chi connectivity index (χ3n) is 1.98. The highest BCUT2D eigenvalue weighted by Crippen LogP contribution is 2.24. The van der Waals surface area contributed by atoms with Crippen LogP contribution in [0.25, 0.3) is 0 Å². The Morgan fingerprint density at radius 1 is 1.53 bits per heavy atom. The Labute approximate surface area is 96.5 Å². The first-order valence-electron chi connectivity index (χ1n) is 4.42. The zero-order valence-corrected chi connectivity index (χ0v) is 9.95. The predicted octanol–water partition coefficient (Wildman–Crippen LogP) is 0.581. The summed E-state index contributed by atoms with van der Waals surface area (Å²) in [6.45, 7) is 1.31. The highest BCUT2D eigenvalue weighted by Gasteiger charge is 2.23. The Bertz CT molecular complexity index is 342. The summed E-state index contributed by atoms with van der Waals surface area (Å²) in [5.74, 6) is 0.537. The smallest absolute Gasteiger partial charge is 0.141 e. The van der Waals surface area contributed by atoms with E-state index in [-0.39, 0.29) is 13.2 Å². The molecule has 0 radical (unpaired) electrons. The maximum absolute atomic E-state index is 9.10. The summed E-state index contributed by atoms with van der Waals surface area (Å²) < 4.78 is 0.690. The lowest BCUT2D eigenvalue weighted by Gasteiger charge is -2.27. The van der Waals surface area contributed by atoms with E-state index in [0.717, 1.165) is 0 Å².